The predicted molar refractivity (Wildman–Crippen MR) is 72.2 cm³/mol. The molecule has 19 heavy (non-hydrogen) atoms. The molecule has 4 nitrogen and oxygen atoms in total. The standard InChI is InChI=1S/C15H19NO3/c1-10-5-3-7-13(11(10)2)14(17)16-8-4-6-12(9-16)15(18)19/h3,5,7,12H,4,6,8-9H2,1-2H3,(H,18,19)/t12-/m1/s1. The number of amides is 1. The number of aryl methyl sites for hydroxylation is 1. The van der Waals surface area contributed by atoms with Crippen LogP contribution in [-0.4, -0.2) is 35.0 Å². The zero-order valence-electron chi connectivity index (χ0n) is 11.3. The summed E-state index contributed by atoms with van der Waals surface area (Å²) in [5.74, 6) is -1.28. The van der Waals surface area contributed by atoms with E-state index in [-0.39, 0.29) is 5.91 Å². The van der Waals surface area contributed by atoms with E-state index in [2.05, 4.69) is 0 Å². The smallest absolute Gasteiger partial charge is 0.308 e. The van der Waals surface area contributed by atoms with Crippen LogP contribution in [0, 0.1) is 19.8 Å². The van der Waals surface area contributed by atoms with Crippen LogP contribution < -0.4 is 0 Å². The van der Waals surface area contributed by atoms with Gasteiger partial charge in [-0.3, -0.25) is 9.59 Å². The Morgan fingerprint density at radius 1 is 1.32 bits per heavy atom. The summed E-state index contributed by atoms with van der Waals surface area (Å²) in [5, 5.41) is 9.07. The molecule has 1 aromatic carbocycles. The lowest BCUT2D eigenvalue weighted by molar-refractivity contribution is -0.143. The minimum Gasteiger partial charge on any atom is -0.481 e. The van der Waals surface area contributed by atoms with Gasteiger partial charge in [0, 0.05) is 18.7 Å². The van der Waals surface area contributed by atoms with Crippen molar-refractivity contribution in [2.75, 3.05) is 13.1 Å². The van der Waals surface area contributed by atoms with Crippen molar-refractivity contribution < 1.29 is 14.7 Å². The molecular formula is C15H19NO3. The van der Waals surface area contributed by atoms with Gasteiger partial charge in [0.05, 0.1) is 5.92 Å². The second-order valence-electron chi connectivity index (χ2n) is 5.18. The Bertz CT molecular complexity index is 510. The van der Waals surface area contributed by atoms with Gasteiger partial charge in [0.15, 0.2) is 0 Å². The molecule has 0 saturated carbocycles. The fraction of sp³-hybridized carbons (Fsp3) is 0.467. The molecule has 2 rings (SSSR count). The van der Waals surface area contributed by atoms with Gasteiger partial charge in [-0.2, -0.15) is 0 Å². The number of likely N-dealkylation sites (tertiary alicyclic amines) is 1. The van der Waals surface area contributed by atoms with E-state index >= 15 is 0 Å². The number of nitrogens with zero attached hydrogens (tertiary/aromatic N) is 1. The summed E-state index contributed by atoms with van der Waals surface area (Å²) < 4.78 is 0. The second kappa shape index (κ2) is 5.43. The van der Waals surface area contributed by atoms with Crippen LogP contribution in [0.15, 0.2) is 18.2 Å². The van der Waals surface area contributed by atoms with E-state index in [1.54, 1.807) is 4.90 Å². The summed E-state index contributed by atoms with van der Waals surface area (Å²) in [6.07, 6.45) is 1.42. The fourth-order valence-electron chi connectivity index (χ4n) is 2.52. The van der Waals surface area contributed by atoms with E-state index in [1.165, 1.54) is 0 Å². The molecular weight excluding hydrogens is 242 g/mol. The molecule has 1 atom stereocenters. The zero-order chi connectivity index (χ0) is 14.0. The number of benzene rings is 1. The number of aliphatic carboxylic acids is 1. The van der Waals surface area contributed by atoms with Gasteiger partial charge >= 0.3 is 5.97 Å². The first kappa shape index (κ1) is 13.6. The van der Waals surface area contributed by atoms with Crippen LogP contribution in [0.5, 0.6) is 0 Å². The molecule has 1 aromatic rings. The quantitative estimate of drug-likeness (QED) is 0.888. The van der Waals surface area contributed by atoms with Crippen molar-refractivity contribution in [3.05, 3.63) is 34.9 Å². The Kier molecular flexibility index (Phi) is 3.88. The van der Waals surface area contributed by atoms with Gasteiger partial charge in [-0.05, 0) is 43.9 Å². The molecule has 1 fully saturated rings. The molecule has 1 aliphatic rings. The zero-order valence-corrected chi connectivity index (χ0v) is 11.3. The molecule has 1 amide bonds. The number of hydrogen-bond acceptors (Lipinski definition) is 2. The maximum Gasteiger partial charge on any atom is 0.308 e. The average molecular weight is 261 g/mol. The first-order valence-electron chi connectivity index (χ1n) is 6.59. The molecule has 0 unspecified atom stereocenters. The number of piperidine rings is 1. The predicted octanol–water partition coefficient (Wildman–Crippen LogP) is 2.24. The monoisotopic (exact) mass is 261 g/mol. The average Bonchev–Trinajstić information content (AvgIpc) is 2.41. The number of carbonyl (C=O) groups excluding carboxylic acids is 1. The van der Waals surface area contributed by atoms with Crippen molar-refractivity contribution in [1.82, 2.24) is 4.90 Å². The van der Waals surface area contributed by atoms with Gasteiger partial charge in [-0.25, -0.2) is 0 Å². The number of carboxylic acids is 1. The first-order valence-corrected chi connectivity index (χ1v) is 6.59. The van der Waals surface area contributed by atoms with Gasteiger partial charge in [0.1, 0.15) is 0 Å². The van der Waals surface area contributed by atoms with E-state index in [4.69, 9.17) is 5.11 Å². The van der Waals surface area contributed by atoms with Gasteiger partial charge in [-0.15, -0.1) is 0 Å². The van der Waals surface area contributed by atoms with Gasteiger partial charge in [-0.1, -0.05) is 12.1 Å². The second-order valence-corrected chi connectivity index (χ2v) is 5.18. The van der Waals surface area contributed by atoms with Crippen LogP contribution in [0.3, 0.4) is 0 Å². The normalized spacial score (nSPS) is 19.3. The minimum atomic E-state index is -0.807. The van der Waals surface area contributed by atoms with Crippen LogP contribution in [0.25, 0.3) is 0 Å². The summed E-state index contributed by atoms with van der Waals surface area (Å²) in [7, 11) is 0. The highest BCUT2D eigenvalue weighted by molar-refractivity contribution is 5.96. The topological polar surface area (TPSA) is 57.6 Å². The van der Waals surface area contributed by atoms with Crippen LogP contribution in [0.4, 0.5) is 0 Å². The molecule has 0 radical (unpaired) electrons. The highest BCUT2D eigenvalue weighted by Gasteiger charge is 2.29. The van der Waals surface area contributed by atoms with Crippen molar-refractivity contribution in [1.29, 1.82) is 0 Å². The van der Waals surface area contributed by atoms with Crippen LogP contribution >= 0.6 is 0 Å². The number of rotatable bonds is 2. The molecule has 1 aliphatic heterocycles. The van der Waals surface area contributed by atoms with E-state index in [1.807, 2.05) is 32.0 Å². The molecule has 1 saturated heterocycles. The fourth-order valence-corrected chi connectivity index (χ4v) is 2.52. The van der Waals surface area contributed by atoms with Gasteiger partial charge < -0.3 is 10.0 Å². The van der Waals surface area contributed by atoms with Crippen molar-refractivity contribution in [3.63, 3.8) is 0 Å². The Morgan fingerprint density at radius 3 is 2.74 bits per heavy atom. The third kappa shape index (κ3) is 2.78. The van der Waals surface area contributed by atoms with Gasteiger partial charge in [0.25, 0.3) is 5.91 Å². The van der Waals surface area contributed by atoms with Crippen molar-refractivity contribution in [2.45, 2.75) is 26.7 Å². The summed E-state index contributed by atoms with van der Waals surface area (Å²) in [5.41, 5.74) is 2.74. The molecule has 0 aliphatic carbocycles. The summed E-state index contributed by atoms with van der Waals surface area (Å²) >= 11 is 0. The number of hydrogen-bond donors (Lipinski definition) is 1. The SMILES string of the molecule is Cc1cccc(C(=O)N2CCC[C@@H](C(=O)O)C2)c1C. The third-order valence-electron chi connectivity index (χ3n) is 3.89. The highest BCUT2D eigenvalue weighted by Crippen LogP contribution is 2.21. The van der Waals surface area contributed by atoms with Crippen LogP contribution in [-0.2, 0) is 4.79 Å². The third-order valence-corrected chi connectivity index (χ3v) is 3.89. The largest absolute Gasteiger partial charge is 0.481 e. The molecule has 0 bridgehead atoms. The van der Waals surface area contributed by atoms with Crippen molar-refractivity contribution in [2.24, 2.45) is 5.92 Å². The lowest BCUT2D eigenvalue weighted by Gasteiger charge is -2.31. The molecule has 1 N–H and O–H groups in total. The van der Waals surface area contributed by atoms with Gasteiger partial charge in [0.2, 0.25) is 0 Å². The van der Waals surface area contributed by atoms with Crippen LogP contribution in [0.1, 0.15) is 34.3 Å². The summed E-state index contributed by atoms with van der Waals surface area (Å²) in [6.45, 7) is 4.88. The molecule has 102 valence electrons. The lowest BCUT2D eigenvalue weighted by atomic mass is 9.96. The first-order chi connectivity index (χ1) is 9.00. The Labute approximate surface area is 113 Å². The Hall–Kier alpha value is -1.84. The molecule has 0 aromatic heterocycles. The highest BCUT2D eigenvalue weighted by atomic mass is 16.4. The molecule has 4 heteroatoms. The number of carboxylic acid groups (broad SMARTS) is 1. The van der Waals surface area contributed by atoms with E-state index in [0.717, 1.165) is 17.5 Å². The Balaban J connectivity index is 2.19. The molecule has 1 heterocycles. The summed E-state index contributed by atoms with van der Waals surface area (Å²) in [4.78, 5) is 25.2. The maximum atomic E-state index is 12.5. The maximum absolute atomic E-state index is 12.5. The summed E-state index contributed by atoms with van der Waals surface area (Å²) in [6, 6.07) is 5.66. The lowest BCUT2D eigenvalue weighted by Crippen LogP contribution is -2.42. The van der Waals surface area contributed by atoms with E-state index in [0.29, 0.717) is 25.1 Å². The Morgan fingerprint density at radius 2 is 2.05 bits per heavy atom. The minimum absolute atomic E-state index is 0.0489. The molecule has 0 spiro atoms. The van der Waals surface area contributed by atoms with E-state index < -0.39 is 11.9 Å². The van der Waals surface area contributed by atoms with Crippen molar-refractivity contribution >= 4 is 11.9 Å². The van der Waals surface area contributed by atoms with Crippen LogP contribution in [0.2, 0.25) is 0 Å². The van der Waals surface area contributed by atoms with Crippen molar-refractivity contribution in [3.8, 4) is 0 Å². The van der Waals surface area contributed by atoms with E-state index in [9.17, 15) is 9.59 Å². The number of carbonyl (C=O) groups is 2.